The summed E-state index contributed by atoms with van der Waals surface area (Å²) in [5.74, 6) is 0. The van der Waals surface area contributed by atoms with Gasteiger partial charge in [0.1, 0.15) is 10.5 Å². The number of amides is 1. The fraction of sp³-hybridized carbons (Fsp3) is 0.360. The van der Waals surface area contributed by atoms with Crippen LogP contribution in [0.2, 0.25) is 0 Å². The van der Waals surface area contributed by atoms with Gasteiger partial charge in [0, 0.05) is 30.7 Å². The summed E-state index contributed by atoms with van der Waals surface area (Å²) >= 11 is 0. The number of hydrogen-bond acceptors (Lipinski definition) is 7. The van der Waals surface area contributed by atoms with Crippen molar-refractivity contribution in [3.8, 4) is 6.07 Å². The maximum Gasteiger partial charge on any atom is 0.410 e. The number of ether oxygens (including phenoxy) is 1. The van der Waals surface area contributed by atoms with Crippen LogP contribution in [-0.2, 0) is 24.8 Å². The largest absolute Gasteiger partial charge is 0.444 e. The molecule has 1 saturated heterocycles. The molecular formula is C25H28N4O6S2. The lowest BCUT2D eigenvalue weighted by Crippen LogP contribution is -2.47. The van der Waals surface area contributed by atoms with Gasteiger partial charge in [-0.1, -0.05) is 24.3 Å². The molecule has 2 aromatic carbocycles. The molecule has 2 heterocycles. The van der Waals surface area contributed by atoms with E-state index in [-0.39, 0.29) is 26.3 Å². The van der Waals surface area contributed by atoms with Crippen molar-refractivity contribution in [1.29, 1.82) is 5.26 Å². The minimum absolute atomic E-state index is 0.0133. The highest BCUT2D eigenvalue weighted by Gasteiger charge is 2.32. The van der Waals surface area contributed by atoms with E-state index in [0.717, 1.165) is 10.2 Å². The monoisotopic (exact) mass is 544 g/mol. The van der Waals surface area contributed by atoms with Gasteiger partial charge in [0.2, 0.25) is 10.0 Å². The zero-order valence-corrected chi connectivity index (χ0v) is 22.3. The Morgan fingerprint density at radius 1 is 1.03 bits per heavy atom. The molecule has 0 radical (unpaired) electrons. The van der Waals surface area contributed by atoms with Gasteiger partial charge in [0.15, 0.2) is 0 Å². The summed E-state index contributed by atoms with van der Waals surface area (Å²) < 4.78 is 62.8. The highest BCUT2D eigenvalue weighted by atomic mass is 32.2. The Kier molecular flexibility index (Phi) is 7.07. The van der Waals surface area contributed by atoms with Crippen LogP contribution in [0.4, 0.5) is 4.79 Å². The van der Waals surface area contributed by atoms with E-state index in [2.05, 4.69) is 4.72 Å². The number of nitrogens with one attached hydrogen (secondary N) is 1. The number of aromatic nitrogens is 1. The number of likely N-dealkylation sites (tertiary alicyclic amines) is 1. The van der Waals surface area contributed by atoms with E-state index in [9.17, 15) is 26.9 Å². The maximum absolute atomic E-state index is 13.5. The molecule has 10 nitrogen and oxygen atoms in total. The number of carbonyl (C=O) groups is 1. The van der Waals surface area contributed by atoms with Gasteiger partial charge in [-0.25, -0.2) is 30.3 Å². The second kappa shape index (κ2) is 9.81. The van der Waals surface area contributed by atoms with Crippen molar-refractivity contribution in [2.45, 2.75) is 55.0 Å². The number of fused-ring (bicyclic) bond motifs is 1. The molecule has 37 heavy (non-hydrogen) atoms. The molecule has 0 unspecified atom stereocenters. The molecular weight excluding hydrogens is 516 g/mol. The molecule has 0 atom stereocenters. The lowest BCUT2D eigenvalue weighted by Gasteiger charge is -2.33. The van der Waals surface area contributed by atoms with Crippen LogP contribution in [0.15, 0.2) is 64.5 Å². The number of carbonyl (C=O) groups excluding carboxylic acids is 1. The average molecular weight is 545 g/mol. The van der Waals surface area contributed by atoms with E-state index in [4.69, 9.17) is 4.74 Å². The van der Waals surface area contributed by atoms with Gasteiger partial charge in [-0.05, 0) is 57.9 Å². The second-order valence-electron chi connectivity index (χ2n) is 9.78. The molecule has 1 amide bonds. The summed E-state index contributed by atoms with van der Waals surface area (Å²) in [5.41, 5.74) is -0.509. The summed E-state index contributed by atoms with van der Waals surface area (Å²) in [4.78, 5) is 13.6. The predicted molar refractivity (Wildman–Crippen MR) is 137 cm³/mol. The number of rotatable bonds is 5. The van der Waals surface area contributed by atoms with Crippen molar-refractivity contribution >= 4 is 37.0 Å². The number of hydrogen-bond donors (Lipinski definition) is 1. The van der Waals surface area contributed by atoms with E-state index in [1.54, 1.807) is 39.0 Å². The van der Waals surface area contributed by atoms with Gasteiger partial charge in [-0.15, -0.1) is 0 Å². The number of benzene rings is 2. The van der Waals surface area contributed by atoms with Gasteiger partial charge in [-0.3, -0.25) is 0 Å². The smallest absolute Gasteiger partial charge is 0.410 e. The van der Waals surface area contributed by atoms with Gasteiger partial charge >= 0.3 is 6.09 Å². The van der Waals surface area contributed by atoms with E-state index < -0.39 is 37.8 Å². The standard InChI is InChI=1S/C25H28N4O6S2/c1-25(2,3)35-24(30)28-14-12-19(13-15-28)27-36(31,32)22-17-29(21-11-7-8-18(16-26)23(21)22)37(33,34)20-9-5-4-6-10-20/h4-11,17,19,27H,12-15H2,1-3H3. The van der Waals surface area contributed by atoms with E-state index in [1.165, 1.54) is 35.2 Å². The van der Waals surface area contributed by atoms with Gasteiger partial charge < -0.3 is 9.64 Å². The third-order valence-corrected chi connectivity index (χ3v) is 9.16. The molecule has 0 saturated carbocycles. The summed E-state index contributed by atoms with van der Waals surface area (Å²) in [7, 11) is -8.37. The van der Waals surface area contributed by atoms with Crippen LogP contribution in [0.25, 0.3) is 10.9 Å². The molecule has 3 aromatic rings. The van der Waals surface area contributed by atoms with Gasteiger partial charge in [0.25, 0.3) is 10.0 Å². The van der Waals surface area contributed by atoms with Crippen LogP contribution >= 0.6 is 0 Å². The first kappa shape index (κ1) is 26.7. The van der Waals surface area contributed by atoms with Crippen molar-refractivity contribution in [3.05, 3.63) is 60.3 Å². The Labute approximate surface area is 216 Å². The minimum atomic E-state index is -4.23. The molecule has 0 aliphatic carbocycles. The first-order chi connectivity index (χ1) is 17.3. The molecule has 1 aliphatic heterocycles. The van der Waals surface area contributed by atoms with Crippen molar-refractivity contribution in [3.63, 3.8) is 0 Å². The van der Waals surface area contributed by atoms with Crippen LogP contribution in [0.5, 0.6) is 0 Å². The Balaban J connectivity index is 1.66. The quantitative estimate of drug-likeness (QED) is 0.519. The van der Waals surface area contributed by atoms with E-state index >= 15 is 0 Å². The van der Waals surface area contributed by atoms with Crippen molar-refractivity contribution in [2.24, 2.45) is 0 Å². The summed E-state index contributed by atoms with van der Waals surface area (Å²) in [5, 5.41) is 9.70. The summed E-state index contributed by atoms with van der Waals surface area (Å²) in [6.45, 7) is 5.92. The lowest BCUT2D eigenvalue weighted by molar-refractivity contribution is 0.0203. The van der Waals surface area contributed by atoms with Crippen LogP contribution in [-0.4, -0.2) is 56.5 Å². The number of nitrogens with zero attached hydrogens (tertiary/aromatic N) is 3. The third kappa shape index (κ3) is 5.49. The van der Waals surface area contributed by atoms with Crippen molar-refractivity contribution in [1.82, 2.24) is 13.6 Å². The molecule has 1 aliphatic rings. The van der Waals surface area contributed by atoms with Crippen LogP contribution in [0.3, 0.4) is 0 Å². The molecule has 4 rings (SSSR count). The fourth-order valence-corrected chi connectivity index (χ4v) is 7.19. The van der Waals surface area contributed by atoms with Gasteiger partial charge in [-0.2, -0.15) is 5.26 Å². The Morgan fingerprint density at radius 2 is 1.68 bits per heavy atom. The Bertz CT molecular complexity index is 1580. The number of piperidine rings is 1. The predicted octanol–water partition coefficient (Wildman–Crippen LogP) is 3.43. The SMILES string of the molecule is CC(C)(C)OC(=O)N1CCC(NS(=O)(=O)c2cn(S(=O)(=O)c3ccccc3)c3cccc(C#N)c23)CC1. The fourth-order valence-electron chi connectivity index (χ4n) is 4.21. The normalized spacial score (nSPS) is 15.5. The topological polar surface area (TPSA) is 139 Å². The molecule has 1 fully saturated rings. The molecule has 1 aromatic heterocycles. The van der Waals surface area contributed by atoms with Crippen molar-refractivity contribution in [2.75, 3.05) is 13.1 Å². The van der Waals surface area contributed by atoms with E-state index in [0.29, 0.717) is 25.9 Å². The highest BCUT2D eigenvalue weighted by Crippen LogP contribution is 2.32. The summed E-state index contributed by atoms with van der Waals surface area (Å²) in [6.07, 6.45) is 1.29. The average Bonchev–Trinajstić information content (AvgIpc) is 3.25. The molecule has 1 N–H and O–H groups in total. The first-order valence-corrected chi connectivity index (χ1v) is 14.6. The van der Waals surface area contributed by atoms with Crippen LogP contribution in [0.1, 0.15) is 39.2 Å². The molecule has 0 spiro atoms. The first-order valence-electron chi connectivity index (χ1n) is 11.7. The second-order valence-corrected chi connectivity index (χ2v) is 13.3. The van der Waals surface area contributed by atoms with Crippen LogP contribution < -0.4 is 4.72 Å². The highest BCUT2D eigenvalue weighted by molar-refractivity contribution is 7.91. The molecule has 196 valence electrons. The van der Waals surface area contributed by atoms with Crippen molar-refractivity contribution < 1.29 is 26.4 Å². The molecule has 0 bridgehead atoms. The third-order valence-electron chi connectivity index (χ3n) is 5.94. The van der Waals surface area contributed by atoms with Crippen LogP contribution in [0, 0.1) is 11.3 Å². The summed E-state index contributed by atoms with van der Waals surface area (Å²) in [6, 6.07) is 13.6. The molecule has 12 heteroatoms. The van der Waals surface area contributed by atoms with Gasteiger partial charge in [0.05, 0.1) is 22.0 Å². The number of nitriles is 1. The Hall–Kier alpha value is -3.40. The zero-order valence-electron chi connectivity index (χ0n) is 20.7. The Morgan fingerprint density at radius 3 is 2.27 bits per heavy atom. The maximum atomic E-state index is 13.5. The minimum Gasteiger partial charge on any atom is -0.444 e. The van der Waals surface area contributed by atoms with E-state index in [1.807, 2.05) is 6.07 Å². The number of sulfonamides is 1. The lowest BCUT2D eigenvalue weighted by atomic mass is 10.1. The zero-order chi connectivity index (χ0) is 27.0.